The molecular weight excluding hydrogens is 535 g/mol. The summed E-state index contributed by atoms with van der Waals surface area (Å²) in [6.07, 6.45) is 0. The van der Waals surface area contributed by atoms with E-state index in [0.29, 0.717) is 38.3 Å². The topological polar surface area (TPSA) is 57.4 Å². The van der Waals surface area contributed by atoms with E-state index in [2.05, 4.69) is 12.1 Å². The van der Waals surface area contributed by atoms with Crippen molar-refractivity contribution >= 4 is 43.6 Å². The maximum Gasteiger partial charge on any atom is 0.200 e. The molecule has 0 unspecified atom stereocenters. The number of nitriles is 2. The fraction of sp³-hybridized carbons (Fsp3) is 0. The molecule has 0 N–H and O–H groups in total. The van der Waals surface area contributed by atoms with Crippen LogP contribution in [0.5, 0.6) is 0 Å². The lowest BCUT2D eigenvalue weighted by Crippen LogP contribution is -2.09. The zero-order chi connectivity index (χ0) is 28.6. The van der Waals surface area contributed by atoms with Crippen molar-refractivity contribution in [3.63, 3.8) is 0 Å². The Labute approximate surface area is 227 Å². The predicted molar refractivity (Wildman–Crippen MR) is 144 cm³/mol. The Morgan fingerprint density at radius 2 is 0.854 bits per heavy atom. The third-order valence-corrected chi connectivity index (χ3v) is 7.38. The summed E-state index contributed by atoms with van der Waals surface area (Å²) in [4.78, 5) is 0. The molecule has 0 spiro atoms. The van der Waals surface area contributed by atoms with E-state index in [4.69, 9.17) is 0 Å². The minimum absolute atomic E-state index is 0.207. The first-order valence-electron chi connectivity index (χ1n) is 12.3. The van der Waals surface area contributed by atoms with Crippen LogP contribution in [0.25, 0.3) is 55.0 Å². The van der Waals surface area contributed by atoms with Crippen LogP contribution in [0.15, 0.2) is 78.9 Å². The van der Waals surface area contributed by atoms with Gasteiger partial charge in [0.05, 0.1) is 38.9 Å². The van der Waals surface area contributed by atoms with Crippen molar-refractivity contribution < 1.29 is 22.0 Å². The number of hydrogen-bond acceptors (Lipinski definition) is 2. The number of halogens is 5. The SMILES string of the molecule is N#Cc1cccc(C#N)c1-n1c2ccccc2c2c3c4ccccc4n(-c4c(F)c(F)c(F)c(F)c4F)c3ccc21. The summed E-state index contributed by atoms with van der Waals surface area (Å²) in [5, 5.41) is 22.1. The Bertz CT molecular complexity index is 2290. The molecule has 0 aliphatic heterocycles. The van der Waals surface area contributed by atoms with Crippen LogP contribution in [0, 0.1) is 51.7 Å². The van der Waals surface area contributed by atoms with Crippen molar-refractivity contribution in [2.45, 2.75) is 0 Å². The molecule has 0 fully saturated rings. The van der Waals surface area contributed by atoms with Crippen molar-refractivity contribution in [2.24, 2.45) is 0 Å². The van der Waals surface area contributed by atoms with Crippen molar-refractivity contribution in [2.75, 3.05) is 0 Å². The molecule has 0 aliphatic rings. The van der Waals surface area contributed by atoms with Crippen LogP contribution in [0.4, 0.5) is 22.0 Å². The molecule has 196 valence electrons. The molecule has 41 heavy (non-hydrogen) atoms. The van der Waals surface area contributed by atoms with E-state index in [1.54, 1.807) is 59.2 Å². The van der Waals surface area contributed by atoms with Gasteiger partial charge in [0.1, 0.15) is 17.8 Å². The quantitative estimate of drug-likeness (QED) is 0.124. The van der Waals surface area contributed by atoms with Gasteiger partial charge in [0, 0.05) is 21.5 Å². The van der Waals surface area contributed by atoms with Crippen molar-refractivity contribution in [1.29, 1.82) is 10.5 Å². The summed E-state index contributed by atoms with van der Waals surface area (Å²) in [5.41, 5.74) is 1.47. The highest BCUT2D eigenvalue weighted by Gasteiger charge is 2.30. The lowest BCUT2D eigenvalue weighted by molar-refractivity contribution is 0.376. The average molecular weight is 548 g/mol. The second-order valence-corrected chi connectivity index (χ2v) is 9.40. The molecule has 0 amide bonds. The number of fused-ring (bicyclic) bond motifs is 7. The summed E-state index contributed by atoms with van der Waals surface area (Å²) in [6.45, 7) is 0. The number of benzene rings is 5. The van der Waals surface area contributed by atoms with Gasteiger partial charge in [-0.05, 0) is 36.4 Å². The molecule has 5 aromatic carbocycles. The molecule has 4 nitrogen and oxygen atoms in total. The molecule has 0 atom stereocenters. The fourth-order valence-electron chi connectivity index (χ4n) is 5.75. The first-order chi connectivity index (χ1) is 19.9. The van der Waals surface area contributed by atoms with Crippen LogP contribution >= 0.6 is 0 Å². The number of nitrogens with zero attached hydrogens (tertiary/aromatic N) is 4. The zero-order valence-corrected chi connectivity index (χ0v) is 20.7. The number of para-hydroxylation sites is 3. The van der Waals surface area contributed by atoms with E-state index in [9.17, 15) is 23.7 Å². The van der Waals surface area contributed by atoms with Gasteiger partial charge in [0.15, 0.2) is 23.3 Å². The first kappa shape index (κ1) is 24.4. The average Bonchev–Trinajstić information content (AvgIpc) is 3.51. The molecule has 7 aromatic rings. The minimum Gasteiger partial charge on any atom is -0.307 e. The Kier molecular flexibility index (Phi) is 5.15. The largest absolute Gasteiger partial charge is 0.307 e. The molecular formula is C32H13F5N4. The lowest BCUT2D eigenvalue weighted by atomic mass is 10.1. The number of rotatable bonds is 2. The minimum atomic E-state index is -2.24. The van der Waals surface area contributed by atoms with Gasteiger partial charge in [-0.25, -0.2) is 22.0 Å². The third kappa shape index (κ3) is 3.11. The lowest BCUT2D eigenvalue weighted by Gasteiger charge is -2.13. The summed E-state index contributed by atoms with van der Waals surface area (Å²) in [7, 11) is 0. The third-order valence-electron chi connectivity index (χ3n) is 7.38. The van der Waals surface area contributed by atoms with Crippen LogP contribution in [0.3, 0.4) is 0 Å². The Morgan fingerprint density at radius 1 is 0.439 bits per heavy atom. The van der Waals surface area contributed by atoms with E-state index >= 15 is 8.78 Å². The molecule has 0 radical (unpaired) electrons. The first-order valence-corrected chi connectivity index (χ1v) is 12.3. The van der Waals surface area contributed by atoms with E-state index < -0.39 is 34.8 Å². The van der Waals surface area contributed by atoms with Gasteiger partial charge in [-0.3, -0.25) is 0 Å². The highest BCUT2D eigenvalue weighted by molar-refractivity contribution is 6.29. The van der Waals surface area contributed by atoms with Gasteiger partial charge in [-0.2, -0.15) is 10.5 Å². The normalized spacial score (nSPS) is 11.5. The highest BCUT2D eigenvalue weighted by Crippen LogP contribution is 2.43. The Balaban J connectivity index is 1.74. The van der Waals surface area contributed by atoms with Gasteiger partial charge in [0.2, 0.25) is 5.82 Å². The molecule has 0 aliphatic carbocycles. The van der Waals surface area contributed by atoms with Crippen LogP contribution in [-0.2, 0) is 0 Å². The highest BCUT2D eigenvalue weighted by atomic mass is 19.2. The fourth-order valence-corrected chi connectivity index (χ4v) is 5.75. The van der Waals surface area contributed by atoms with E-state index in [0.717, 1.165) is 4.57 Å². The van der Waals surface area contributed by atoms with Crippen LogP contribution < -0.4 is 0 Å². The summed E-state index contributed by atoms with van der Waals surface area (Å²) < 4.78 is 75.8. The standard InChI is InChI=1S/C32H13F5N4/c33-26-27(34)29(36)32(30(37)28(26)35)41-21-11-4-2-9-19(21)25-23(41)13-12-22-24(25)18-8-1-3-10-20(18)40(22)31-16(14-38)6-5-7-17(31)15-39/h1-13H. The van der Waals surface area contributed by atoms with Gasteiger partial charge < -0.3 is 9.13 Å². The monoisotopic (exact) mass is 548 g/mol. The number of hydrogen-bond donors (Lipinski definition) is 0. The zero-order valence-electron chi connectivity index (χ0n) is 20.7. The molecule has 9 heteroatoms. The molecule has 2 heterocycles. The van der Waals surface area contributed by atoms with Crippen LogP contribution in [0.2, 0.25) is 0 Å². The number of aromatic nitrogens is 2. The summed E-state index contributed by atoms with van der Waals surface area (Å²) in [5.74, 6) is -10.2. The van der Waals surface area contributed by atoms with Crippen molar-refractivity contribution in [3.05, 3.63) is 119 Å². The molecule has 7 rings (SSSR count). The van der Waals surface area contributed by atoms with E-state index in [1.807, 2.05) is 12.1 Å². The van der Waals surface area contributed by atoms with Gasteiger partial charge in [-0.15, -0.1) is 0 Å². The Morgan fingerprint density at radius 3 is 1.32 bits per heavy atom. The maximum absolute atomic E-state index is 15.2. The molecule has 0 saturated carbocycles. The second-order valence-electron chi connectivity index (χ2n) is 9.40. The van der Waals surface area contributed by atoms with Gasteiger partial charge in [0.25, 0.3) is 0 Å². The maximum atomic E-state index is 15.2. The molecule has 0 saturated heterocycles. The van der Waals surface area contributed by atoms with Crippen LogP contribution in [-0.4, -0.2) is 9.13 Å². The van der Waals surface area contributed by atoms with Crippen molar-refractivity contribution in [3.8, 4) is 23.5 Å². The van der Waals surface area contributed by atoms with Crippen molar-refractivity contribution in [1.82, 2.24) is 9.13 Å². The molecule has 2 aromatic heterocycles. The van der Waals surface area contributed by atoms with Crippen LogP contribution in [0.1, 0.15) is 11.1 Å². The summed E-state index contributed by atoms with van der Waals surface area (Å²) >= 11 is 0. The van der Waals surface area contributed by atoms with Gasteiger partial charge in [-0.1, -0.05) is 42.5 Å². The van der Waals surface area contributed by atoms with E-state index in [-0.39, 0.29) is 22.2 Å². The summed E-state index contributed by atoms with van der Waals surface area (Å²) in [6, 6.07) is 26.1. The second kappa shape index (κ2) is 8.67. The smallest absolute Gasteiger partial charge is 0.200 e. The van der Waals surface area contributed by atoms with E-state index in [1.165, 1.54) is 12.1 Å². The van der Waals surface area contributed by atoms with Gasteiger partial charge >= 0.3 is 0 Å². The predicted octanol–water partition coefficient (Wildman–Crippen LogP) is 8.32. The molecule has 0 bridgehead atoms. The Hall–Kier alpha value is -5.67.